The summed E-state index contributed by atoms with van der Waals surface area (Å²) in [6, 6.07) is 14.4. The maximum absolute atomic E-state index is 15.2. The van der Waals surface area contributed by atoms with E-state index in [0.717, 1.165) is 45.3 Å². The van der Waals surface area contributed by atoms with Crippen LogP contribution in [0.4, 0.5) is 20.2 Å². The molecule has 0 radical (unpaired) electrons. The van der Waals surface area contributed by atoms with Gasteiger partial charge in [-0.15, -0.1) is 0 Å². The average molecular weight is 819 g/mol. The lowest BCUT2D eigenvalue weighted by Crippen LogP contribution is -2.37. The van der Waals surface area contributed by atoms with Crippen molar-refractivity contribution in [1.82, 2.24) is 9.88 Å². The monoisotopic (exact) mass is 818 g/mol. The lowest BCUT2D eigenvalue weighted by Gasteiger charge is -2.26. The smallest absolute Gasteiger partial charge is 0.240 e. The van der Waals surface area contributed by atoms with E-state index in [2.05, 4.69) is 20.5 Å². The van der Waals surface area contributed by atoms with Crippen molar-refractivity contribution in [3.05, 3.63) is 78.5 Å². The number of benzene rings is 3. The number of pyridine rings is 1. The summed E-state index contributed by atoms with van der Waals surface area (Å²) in [6.45, 7) is 12.0. The average Bonchev–Trinajstić information content (AvgIpc) is 4.02. The highest BCUT2D eigenvalue weighted by molar-refractivity contribution is 7.67. The van der Waals surface area contributed by atoms with Crippen molar-refractivity contribution in [3.63, 3.8) is 0 Å². The second-order valence-corrected chi connectivity index (χ2v) is 16.5. The van der Waals surface area contributed by atoms with Crippen LogP contribution in [-0.4, -0.2) is 95.0 Å². The Labute approximate surface area is 328 Å². The lowest BCUT2D eigenvalue weighted by molar-refractivity contribution is -0.131. The number of carbonyl (C=O) groups excluding carboxylic acids is 2. The number of aromatic nitrogens is 1. The van der Waals surface area contributed by atoms with Crippen molar-refractivity contribution in [2.24, 2.45) is 5.41 Å². The van der Waals surface area contributed by atoms with Gasteiger partial charge in [0.2, 0.25) is 11.8 Å². The molecule has 2 amide bonds. The molecule has 6 rings (SSSR count). The van der Waals surface area contributed by atoms with Crippen molar-refractivity contribution in [3.8, 4) is 23.0 Å². The van der Waals surface area contributed by atoms with E-state index in [-0.39, 0.29) is 16.8 Å². The first-order valence-corrected chi connectivity index (χ1v) is 21.4. The SMILES string of the molecule is CC.CC(P(C)O)P(O)O.COc1cc2c(Oc3ccc(NC(=O)C4(C(=O)Nc5ccc(F)cc5)CC4)cc3F)ccnc2cc1OCCCN1CCOCC1. The van der Waals surface area contributed by atoms with Crippen molar-refractivity contribution in [2.45, 2.75) is 45.4 Å². The first-order valence-electron chi connectivity index (χ1n) is 18.2. The molecule has 1 aliphatic carbocycles. The summed E-state index contributed by atoms with van der Waals surface area (Å²) < 4.78 is 51.4. The fourth-order valence-electron chi connectivity index (χ4n) is 5.43. The van der Waals surface area contributed by atoms with Gasteiger partial charge in [0.15, 0.2) is 31.4 Å². The molecule has 1 saturated carbocycles. The molecule has 3 aromatic carbocycles. The summed E-state index contributed by atoms with van der Waals surface area (Å²) in [6.07, 6.45) is 3.09. The largest absolute Gasteiger partial charge is 0.493 e. The number of methoxy groups -OCH3 is 1. The molecule has 0 spiro atoms. The normalized spacial score (nSPS) is 15.6. The van der Waals surface area contributed by atoms with Gasteiger partial charge in [-0.3, -0.25) is 19.5 Å². The maximum atomic E-state index is 15.2. The summed E-state index contributed by atoms with van der Waals surface area (Å²) in [5.41, 5.74) is -0.144. The zero-order valence-electron chi connectivity index (χ0n) is 32.1. The van der Waals surface area contributed by atoms with Crippen molar-refractivity contribution in [1.29, 1.82) is 0 Å². The molecule has 2 unspecified atom stereocenters. The van der Waals surface area contributed by atoms with Crippen molar-refractivity contribution in [2.75, 3.05) is 63.9 Å². The first kappa shape index (κ1) is 44.6. The number of amides is 2. The Morgan fingerprint density at radius 2 is 1.55 bits per heavy atom. The second kappa shape index (κ2) is 21.5. The molecular formula is C39H50F2N4O9P2. The molecule has 2 aliphatic rings. The third kappa shape index (κ3) is 12.2. The third-order valence-electron chi connectivity index (χ3n) is 8.97. The molecule has 2 heterocycles. The van der Waals surface area contributed by atoms with E-state index >= 15 is 4.39 Å². The first-order chi connectivity index (χ1) is 26.9. The van der Waals surface area contributed by atoms with Gasteiger partial charge in [-0.2, -0.15) is 0 Å². The minimum atomic E-state index is -1.92. The molecule has 17 heteroatoms. The zero-order chi connectivity index (χ0) is 40.8. The van der Waals surface area contributed by atoms with Gasteiger partial charge in [-0.05, 0) is 81.4 Å². The Morgan fingerprint density at radius 3 is 2.12 bits per heavy atom. The van der Waals surface area contributed by atoms with Crippen LogP contribution in [0.5, 0.6) is 23.0 Å². The number of carbonyl (C=O) groups is 2. The summed E-state index contributed by atoms with van der Waals surface area (Å²) in [5.74, 6) is -0.871. The predicted octanol–water partition coefficient (Wildman–Crippen LogP) is 7.45. The van der Waals surface area contributed by atoms with Gasteiger partial charge in [-0.25, -0.2) is 8.78 Å². The number of halogens is 2. The minimum Gasteiger partial charge on any atom is -0.493 e. The van der Waals surface area contributed by atoms with Crippen LogP contribution in [0.25, 0.3) is 10.9 Å². The van der Waals surface area contributed by atoms with Gasteiger partial charge in [0.05, 0.1) is 37.8 Å². The second-order valence-electron chi connectivity index (χ2n) is 12.8. The standard InChI is InChI=1S/C34H34F2N4O6.C3H10O3P2.C2H6/c1-43-30-20-25-27(21-31(30)45-16-2-13-40-14-17-44-18-15-40)37-12-9-28(25)46-29-8-7-24(19-26(29)36)39-33(42)34(10-11-34)32(41)38-23-5-3-22(35)4-6-23;1-3(7(2)4)8(5)6;1-2/h3-9,12,19-21H,2,10-11,13-18H2,1H3,(H,38,41)(H,39,42);3-6H,1-2H3;1-2H3. The van der Waals surface area contributed by atoms with E-state index in [1.54, 1.807) is 45.1 Å². The molecule has 2 atom stereocenters. The Morgan fingerprint density at radius 1 is 0.911 bits per heavy atom. The topological polar surface area (TPSA) is 172 Å². The number of hydrogen-bond donors (Lipinski definition) is 5. The summed E-state index contributed by atoms with van der Waals surface area (Å²) in [5, 5.41) is 5.55. The third-order valence-corrected chi connectivity index (χ3v) is 12.3. The number of fused-ring (bicyclic) bond motifs is 1. The molecule has 1 saturated heterocycles. The van der Waals surface area contributed by atoms with Crippen LogP contribution in [-0.2, 0) is 14.3 Å². The van der Waals surface area contributed by atoms with Crippen molar-refractivity contribution >= 4 is 50.6 Å². The maximum Gasteiger partial charge on any atom is 0.240 e. The van der Waals surface area contributed by atoms with Crippen LogP contribution in [0.2, 0.25) is 0 Å². The highest BCUT2D eigenvalue weighted by Crippen LogP contribution is 2.49. The van der Waals surface area contributed by atoms with Gasteiger partial charge >= 0.3 is 0 Å². The van der Waals surface area contributed by atoms with Gasteiger partial charge in [0, 0.05) is 62.9 Å². The fourth-order valence-corrected chi connectivity index (χ4v) is 6.63. The summed E-state index contributed by atoms with van der Waals surface area (Å²) in [7, 11) is -1.55. The van der Waals surface area contributed by atoms with Gasteiger partial charge in [-0.1, -0.05) is 13.8 Å². The number of ether oxygens (including phenoxy) is 4. The Kier molecular flexibility index (Phi) is 17.1. The number of rotatable bonds is 14. The lowest BCUT2D eigenvalue weighted by atomic mass is 10.0. The molecule has 56 heavy (non-hydrogen) atoms. The summed E-state index contributed by atoms with van der Waals surface area (Å²) >= 11 is 0. The van der Waals surface area contributed by atoms with Crippen LogP contribution < -0.4 is 24.8 Å². The number of hydrogen-bond acceptors (Lipinski definition) is 11. The van der Waals surface area contributed by atoms with E-state index in [1.165, 1.54) is 36.4 Å². The minimum absolute atomic E-state index is 0.0666. The quantitative estimate of drug-likeness (QED) is 0.0487. The van der Waals surface area contributed by atoms with Gasteiger partial charge in [0.25, 0.3) is 0 Å². The van der Waals surface area contributed by atoms with Crippen LogP contribution in [0.1, 0.15) is 40.0 Å². The van der Waals surface area contributed by atoms with Crippen LogP contribution >= 0.6 is 16.5 Å². The molecule has 4 aromatic rings. The molecule has 1 aliphatic heterocycles. The fraction of sp³-hybridized carbons (Fsp3) is 0.410. The highest BCUT2D eigenvalue weighted by Gasteiger charge is 2.56. The molecule has 2 fully saturated rings. The van der Waals surface area contributed by atoms with E-state index in [1.807, 2.05) is 13.8 Å². The van der Waals surface area contributed by atoms with E-state index in [9.17, 15) is 14.0 Å². The van der Waals surface area contributed by atoms with Crippen LogP contribution in [0.3, 0.4) is 0 Å². The highest BCUT2D eigenvalue weighted by atomic mass is 31.2. The molecule has 304 valence electrons. The Hall–Kier alpha value is -4.07. The van der Waals surface area contributed by atoms with E-state index in [0.29, 0.717) is 53.3 Å². The molecule has 1 aromatic heterocycles. The molecule has 13 nitrogen and oxygen atoms in total. The molecule has 0 bridgehead atoms. The number of morpholine rings is 1. The summed E-state index contributed by atoms with van der Waals surface area (Å²) in [4.78, 5) is 58.4. The van der Waals surface area contributed by atoms with Gasteiger partial charge in [0.1, 0.15) is 17.0 Å². The van der Waals surface area contributed by atoms with E-state index < -0.39 is 45.4 Å². The van der Waals surface area contributed by atoms with Crippen molar-refractivity contribution < 1.29 is 52.0 Å². The van der Waals surface area contributed by atoms with Crippen LogP contribution in [0, 0.1) is 17.0 Å². The molecular weight excluding hydrogens is 768 g/mol. The predicted molar refractivity (Wildman–Crippen MR) is 215 cm³/mol. The van der Waals surface area contributed by atoms with Gasteiger partial charge < -0.3 is 44.3 Å². The number of nitrogens with one attached hydrogen (secondary N) is 2. The Bertz CT molecular complexity index is 1890. The van der Waals surface area contributed by atoms with E-state index in [4.69, 9.17) is 33.6 Å². The van der Waals surface area contributed by atoms with Crippen LogP contribution in [0.15, 0.2) is 66.9 Å². The molecule has 5 N–H and O–H groups in total. The Balaban J connectivity index is 0.000000621. The number of nitrogens with zero attached hydrogens (tertiary/aromatic N) is 2. The number of anilines is 2. The zero-order valence-corrected chi connectivity index (χ0v) is 33.9.